The Morgan fingerprint density at radius 2 is 1.95 bits per heavy atom. The Balaban J connectivity index is 1.23. The van der Waals surface area contributed by atoms with Crippen LogP contribution in [0, 0.1) is 11.7 Å². The minimum Gasteiger partial charge on any atom is -0.493 e. The van der Waals surface area contributed by atoms with Crippen LogP contribution in [-0.2, 0) is 17.4 Å². The number of aromatic nitrogens is 1. The van der Waals surface area contributed by atoms with E-state index in [0.29, 0.717) is 40.6 Å². The lowest BCUT2D eigenvalue weighted by molar-refractivity contribution is -0.141. The molecule has 0 spiro atoms. The largest absolute Gasteiger partial charge is 0.493 e. The molecule has 1 fully saturated rings. The van der Waals surface area contributed by atoms with Gasteiger partial charge in [0.05, 0.1) is 12.2 Å². The van der Waals surface area contributed by atoms with E-state index in [0.717, 1.165) is 18.3 Å². The smallest absolute Gasteiger partial charge is 0.433 e. The van der Waals surface area contributed by atoms with Gasteiger partial charge in [-0.2, -0.15) is 13.2 Å². The zero-order chi connectivity index (χ0) is 26.3. The van der Waals surface area contributed by atoms with Gasteiger partial charge in [0.15, 0.2) is 5.78 Å². The molecule has 1 amide bonds. The fourth-order valence-electron chi connectivity index (χ4n) is 4.25. The number of hydrogen-bond donors (Lipinski definition) is 0. The topological polar surface area (TPSA) is 68.7 Å². The standard InChI is InChI=1S/C26H19ClF4N2O4/c27-17-2-3-22(19(7-17)15-1-4-24(32-9-15)26(29,30)31)36-12-14-10-33(11-14)25(35)20-6-16-5-18(34)13-37-23(16)8-21(20)28/h1-4,6-9,14H,5,10-13H2. The first-order chi connectivity index (χ1) is 17.6. The molecule has 192 valence electrons. The molecule has 0 saturated carbocycles. The lowest BCUT2D eigenvalue weighted by Crippen LogP contribution is -2.52. The van der Waals surface area contributed by atoms with Gasteiger partial charge >= 0.3 is 6.18 Å². The van der Waals surface area contributed by atoms with Gasteiger partial charge in [-0.1, -0.05) is 17.7 Å². The summed E-state index contributed by atoms with van der Waals surface area (Å²) in [6.07, 6.45) is -3.35. The molecular weight excluding hydrogens is 516 g/mol. The van der Waals surface area contributed by atoms with E-state index < -0.39 is 23.6 Å². The molecular formula is C26H19ClF4N2O4. The molecule has 3 heterocycles. The predicted molar refractivity (Wildman–Crippen MR) is 125 cm³/mol. The van der Waals surface area contributed by atoms with Crippen molar-refractivity contribution in [3.05, 3.63) is 76.3 Å². The summed E-state index contributed by atoms with van der Waals surface area (Å²) in [6, 6.07) is 9.47. The fourth-order valence-corrected chi connectivity index (χ4v) is 4.42. The molecule has 11 heteroatoms. The molecule has 6 nitrogen and oxygen atoms in total. The molecule has 1 saturated heterocycles. The van der Waals surface area contributed by atoms with E-state index in [2.05, 4.69) is 4.98 Å². The number of carbonyl (C=O) groups excluding carboxylic acids is 2. The summed E-state index contributed by atoms with van der Waals surface area (Å²) in [6.45, 7) is 0.769. The van der Waals surface area contributed by atoms with E-state index in [1.807, 2.05) is 0 Å². The highest BCUT2D eigenvalue weighted by Gasteiger charge is 2.34. The normalized spacial score (nSPS) is 15.6. The van der Waals surface area contributed by atoms with Crippen LogP contribution in [0.4, 0.5) is 17.6 Å². The minimum absolute atomic E-state index is 0.0381. The van der Waals surface area contributed by atoms with Crippen molar-refractivity contribution in [2.24, 2.45) is 5.92 Å². The quantitative estimate of drug-likeness (QED) is 0.420. The number of ketones is 1. The molecule has 2 aliphatic heterocycles. The maximum Gasteiger partial charge on any atom is 0.433 e. The van der Waals surface area contributed by atoms with Gasteiger partial charge in [0.25, 0.3) is 5.91 Å². The van der Waals surface area contributed by atoms with Crippen LogP contribution in [0.2, 0.25) is 5.02 Å². The maximum atomic E-state index is 14.5. The van der Waals surface area contributed by atoms with Gasteiger partial charge in [-0.15, -0.1) is 0 Å². The lowest BCUT2D eigenvalue weighted by Gasteiger charge is -2.39. The van der Waals surface area contributed by atoms with E-state index >= 15 is 0 Å². The number of hydrogen-bond acceptors (Lipinski definition) is 5. The van der Waals surface area contributed by atoms with E-state index in [1.54, 1.807) is 18.2 Å². The number of carbonyl (C=O) groups is 2. The minimum atomic E-state index is -4.55. The highest BCUT2D eigenvalue weighted by atomic mass is 35.5. The summed E-state index contributed by atoms with van der Waals surface area (Å²) in [5.41, 5.74) is 0.241. The Bertz CT molecular complexity index is 1370. The second-order valence-corrected chi connectivity index (χ2v) is 9.34. The maximum absolute atomic E-state index is 14.5. The summed E-state index contributed by atoms with van der Waals surface area (Å²) in [7, 11) is 0. The molecule has 5 rings (SSSR count). The van der Waals surface area contributed by atoms with Crippen molar-refractivity contribution in [2.45, 2.75) is 12.6 Å². The third kappa shape index (κ3) is 5.24. The van der Waals surface area contributed by atoms with Gasteiger partial charge in [-0.25, -0.2) is 4.39 Å². The van der Waals surface area contributed by atoms with Gasteiger partial charge in [-0.05, 0) is 30.3 Å². The summed E-state index contributed by atoms with van der Waals surface area (Å²) >= 11 is 6.09. The van der Waals surface area contributed by atoms with Crippen molar-refractivity contribution in [3.8, 4) is 22.6 Å². The average Bonchev–Trinajstić information content (AvgIpc) is 2.83. The van der Waals surface area contributed by atoms with Crippen LogP contribution in [0.15, 0.2) is 48.7 Å². The molecule has 3 aromatic rings. The number of Topliss-reactive ketones (excluding diaryl/α,β-unsaturated/α-hetero) is 1. The molecule has 0 N–H and O–H groups in total. The monoisotopic (exact) mass is 534 g/mol. The highest BCUT2D eigenvalue weighted by Crippen LogP contribution is 2.35. The Morgan fingerprint density at radius 1 is 1.16 bits per heavy atom. The van der Waals surface area contributed by atoms with Crippen LogP contribution in [0.3, 0.4) is 0 Å². The molecule has 0 radical (unpaired) electrons. The number of likely N-dealkylation sites (tertiary alicyclic amines) is 1. The number of nitrogens with zero attached hydrogens (tertiary/aromatic N) is 2. The number of rotatable bonds is 5. The average molecular weight is 535 g/mol. The zero-order valence-electron chi connectivity index (χ0n) is 19.1. The molecule has 1 aromatic heterocycles. The van der Waals surface area contributed by atoms with Gasteiger partial charge in [0.1, 0.15) is 29.6 Å². The first-order valence-electron chi connectivity index (χ1n) is 11.3. The summed E-state index contributed by atoms with van der Waals surface area (Å²) in [5.74, 6) is -0.714. The number of alkyl halides is 3. The van der Waals surface area contributed by atoms with Crippen LogP contribution < -0.4 is 9.47 Å². The van der Waals surface area contributed by atoms with E-state index in [-0.39, 0.29) is 42.6 Å². The molecule has 0 aliphatic carbocycles. The van der Waals surface area contributed by atoms with Crippen molar-refractivity contribution >= 4 is 23.3 Å². The number of pyridine rings is 1. The van der Waals surface area contributed by atoms with Crippen LogP contribution in [0.5, 0.6) is 11.5 Å². The summed E-state index contributed by atoms with van der Waals surface area (Å²) in [4.78, 5) is 29.4. The molecule has 37 heavy (non-hydrogen) atoms. The Hall–Kier alpha value is -3.66. The van der Waals surface area contributed by atoms with E-state index in [4.69, 9.17) is 21.1 Å². The molecule has 0 unspecified atom stereocenters. The fraction of sp³-hybridized carbons (Fsp3) is 0.269. The van der Waals surface area contributed by atoms with Crippen molar-refractivity contribution in [1.82, 2.24) is 9.88 Å². The Morgan fingerprint density at radius 3 is 2.65 bits per heavy atom. The van der Waals surface area contributed by atoms with Gasteiger partial charge in [0, 0.05) is 59.4 Å². The van der Waals surface area contributed by atoms with Crippen molar-refractivity contribution in [1.29, 1.82) is 0 Å². The van der Waals surface area contributed by atoms with Crippen LogP contribution in [-0.4, -0.2) is 47.9 Å². The zero-order valence-corrected chi connectivity index (χ0v) is 19.9. The lowest BCUT2D eigenvalue weighted by atomic mass is 9.97. The van der Waals surface area contributed by atoms with Crippen molar-refractivity contribution in [2.75, 3.05) is 26.3 Å². The third-order valence-electron chi connectivity index (χ3n) is 6.18. The van der Waals surface area contributed by atoms with Gasteiger partial charge in [-0.3, -0.25) is 14.6 Å². The number of amides is 1. The Labute approximate surface area is 213 Å². The van der Waals surface area contributed by atoms with E-state index in [9.17, 15) is 27.2 Å². The number of fused-ring (bicyclic) bond motifs is 1. The molecule has 2 aliphatic rings. The summed E-state index contributed by atoms with van der Waals surface area (Å²) in [5, 5.41) is 0.377. The Kier molecular flexibility index (Phi) is 6.53. The van der Waals surface area contributed by atoms with Crippen molar-refractivity contribution < 1.29 is 36.6 Å². The van der Waals surface area contributed by atoms with Gasteiger partial charge in [0.2, 0.25) is 0 Å². The number of halogens is 5. The third-order valence-corrected chi connectivity index (χ3v) is 6.42. The SMILES string of the molecule is O=C1COc2cc(F)c(C(=O)N3CC(COc4ccc(Cl)cc4-c4ccc(C(F)(F)F)nc4)C3)cc2C1. The molecule has 0 bridgehead atoms. The first kappa shape index (κ1) is 25.0. The molecule has 2 aromatic carbocycles. The van der Waals surface area contributed by atoms with E-state index in [1.165, 1.54) is 17.0 Å². The number of benzene rings is 2. The number of ether oxygens (including phenoxy) is 2. The first-order valence-corrected chi connectivity index (χ1v) is 11.7. The second-order valence-electron chi connectivity index (χ2n) is 8.90. The van der Waals surface area contributed by atoms with Crippen LogP contribution in [0.1, 0.15) is 21.6 Å². The highest BCUT2D eigenvalue weighted by molar-refractivity contribution is 6.31. The van der Waals surface area contributed by atoms with Crippen LogP contribution in [0.25, 0.3) is 11.1 Å². The summed E-state index contributed by atoms with van der Waals surface area (Å²) < 4.78 is 64.2. The predicted octanol–water partition coefficient (Wildman–Crippen LogP) is 5.21. The van der Waals surface area contributed by atoms with Crippen molar-refractivity contribution in [3.63, 3.8) is 0 Å². The molecule has 0 atom stereocenters. The van der Waals surface area contributed by atoms with Gasteiger partial charge < -0.3 is 14.4 Å². The van der Waals surface area contributed by atoms with Crippen LogP contribution >= 0.6 is 11.6 Å². The second kappa shape index (κ2) is 9.66.